The number of methoxy groups -OCH3 is 1. The van der Waals surface area contributed by atoms with E-state index in [0.717, 1.165) is 30.5 Å². The molecule has 0 aromatic carbocycles. The predicted octanol–water partition coefficient (Wildman–Crippen LogP) is 1.73. The van der Waals surface area contributed by atoms with Gasteiger partial charge >= 0.3 is 5.97 Å². The van der Waals surface area contributed by atoms with E-state index < -0.39 is 0 Å². The van der Waals surface area contributed by atoms with Crippen LogP contribution in [0.5, 0.6) is 0 Å². The van der Waals surface area contributed by atoms with Crippen LogP contribution >= 0.6 is 0 Å². The van der Waals surface area contributed by atoms with Crippen LogP contribution < -0.4 is 0 Å². The SMILES string of the molecule is COC(=O)CCn1c(C)cc2c1CCCC2O. The van der Waals surface area contributed by atoms with Gasteiger partial charge in [0, 0.05) is 23.5 Å². The topological polar surface area (TPSA) is 51.5 Å². The first-order valence-electron chi connectivity index (χ1n) is 6.07. The molecule has 1 unspecified atom stereocenters. The van der Waals surface area contributed by atoms with Crippen LogP contribution in [-0.2, 0) is 22.5 Å². The first-order chi connectivity index (χ1) is 8.13. The van der Waals surface area contributed by atoms with Crippen LogP contribution in [0.15, 0.2) is 6.07 Å². The molecule has 0 bridgehead atoms. The van der Waals surface area contributed by atoms with Gasteiger partial charge in [-0.15, -0.1) is 0 Å². The van der Waals surface area contributed by atoms with Gasteiger partial charge in [0.2, 0.25) is 0 Å². The Hall–Kier alpha value is -1.29. The van der Waals surface area contributed by atoms with Gasteiger partial charge in [-0.3, -0.25) is 4.79 Å². The van der Waals surface area contributed by atoms with Crippen LogP contribution in [0.4, 0.5) is 0 Å². The number of fused-ring (bicyclic) bond motifs is 1. The Balaban J connectivity index is 2.19. The molecule has 1 aliphatic rings. The Labute approximate surface area is 101 Å². The molecule has 1 atom stereocenters. The number of carbonyl (C=O) groups is 1. The van der Waals surface area contributed by atoms with Crippen molar-refractivity contribution >= 4 is 5.97 Å². The van der Waals surface area contributed by atoms with E-state index in [-0.39, 0.29) is 12.1 Å². The average molecular weight is 237 g/mol. The van der Waals surface area contributed by atoms with Gasteiger partial charge in [0.15, 0.2) is 0 Å². The molecule has 4 nitrogen and oxygen atoms in total. The van der Waals surface area contributed by atoms with Crippen LogP contribution in [0.25, 0.3) is 0 Å². The number of hydrogen-bond donors (Lipinski definition) is 1. The van der Waals surface area contributed by atoms with Crippen molar-refractivity contribution in [1.29, 1.82) is 0 Å². The number of carbonyl (C=O) groups excluding carboxylic acids is 1. The van der Waals surface area contributed by atoms with E-state index in [1.54, 1.807) is 0 Å². The van der Waals surface area contributed by atoms with Crippen molar-refractivity contribution in [2.45, 2.75) is 45.3 Å². The van der Waals surface area contributed by atoms with Crippen molar-refractivity contribution in [3.63, 3.8) is 0 Å². The first kappa shape index (κ1) is 12.2. The van der Waals surface area contributed by atoms with Gasteiger partial charge in [-0.05, 0) is 32.3 Å². The van der Waals surface area contributed by atoms with Gasteiger partial charge in [0.25, 0.3) is 0 Å². The molecule has 1 N–H and O–H groups in total. The van der Waals surface area contributed by atoms with Gasteiger partial charge in [-0.2, -0.15) is 0 Å². The first-order valence-corrected chi connectivity index (χ1v) is 6.07. The number of ether oxygens (including phenoxy) is 1. The highest BCUT2D eigenvalue weighted by molar-refractivity contribution is 5.69. The molecule has 1 heterocycles. The zero-order valence-corrected chi connectivity index (χ0v) is 10.4. The number of aliphatic hydroxyl groups excluding tert-OH is 1. The number of rotatable bonds is 3. The quantitative estimate of drug-likeness (QED) is 0.814. The molecule has 0 saturated heterocycles. The summed E-state index contributed by atoms with van der Waals surface area (Å²) in [4.78, 5) is 11.2. The molecule has 1 aromatic rings. The van der Waals surface area contributed by atoms with Gasteiger partial charge in [-0.25, -0.2) is 0 Å². The largest absolute Gasteiger partial charge is 0.469 e. The van der Waals surface area contributed by atoms with E-state index in [1.165, 1.54) is 12.8 Å². The highest BCUT2D eigenvalue weighted by atomic mass is 16.5. The molecule has 0 amide bonds. The van der Waals surface area contributed by atoms with Crippen molar-refractivity contribution in [2.24, 2.45) is 0 Å². The van der Waals surface area contributed by atoms with Gasteiger partial charge in [0.05, 0.1) is 19.6 Å². The Kier molecular flexibility index (Phi) is 3.52. The second kappa shape index (κ2) is 4.92. The average Bonchev–Trinajstić information content (AvgIpc) is 2.64. The highest BCUT2D eigenvalue weighted by Crippen LogP contribution is 2.32. The standard InChI is InChI=1S/C13H19NO3/c1-9-8-10-11(4-3-5-12(10)15)14(9)7-6-13(16)17-2/h8,12,15H,3-7H2,1-2H3. The van der Waals surface area contributed by atoms with E-state index in [4.69, 9.17) is 0 Å². The van der Waals surface area contributed by atoms with Crippen LogP contribution in [0, 0.1) is 6.92 Å². The molecular weight excluding hydrogens is 218 g/mol. The summed E-state index contributed by atoms with van der Waals surface area (Å²) in [5.41, 5.74) is 3.34. The summed E-state index contributed by atoms with van der Waals surface area (Å²) < 4.78 is 6.79. The number of aryl methyl sites for hydroxylation is 1. The lowest BCUT2D eigenvalue weighted by Gasteiger charge is -2.20. The maximum atomic E-state index is 11.2. The summed E-state index contributed by atoms with van der Waals surface area (Å²) in [6, 6.07) is 2.04. The lowest BCUT2D eigenvalue weighted by atomic mass is 9.95. The fourth-order valence-corrected chi connectivity index (χ4v) is 2.56. The number of hydrogen-bond acceptors (Lipinski definition) is 3. The lowest BCUT2D eigenvalue weighted by Crippen LogP contribution is -2.14. The van der Waals surface area contributed by atoms with E-state index in [9.17, 15) is 9.90 Å². The van der Waals surface area contributed by atoms with Crippen LogP contribution in [0.2, 0.25) is 0 Å². The second-order valence-corrected chi connectivity index (χ2v) is 4.57. The fourth-order valence-electron chi connectivity index (χ4n) is 2.56. The Bertz CT molecular complexity index is 423. The molecule has 0 radical (unpaired) electrons. The van der Waals surface area contributed by atoms with Crippen molar-refractivity contribution in [2.75, 3.05) is 7.11 Å². The Morgan fingerprint density at radius 1 is 1.65 bits per heavy atom. The summed E-state index contributed by atoms with van der Waals surface area (Å²) in [6.07, 6.45) is 2.89. The monoisotopic (exact) mass is 237 g/mol. The van der Waals surface area contributed by atoms with Crippen molar-refractivity contribution in [1.82, 2.24) is 4.57 Å². The molecule has 0 spiro atoms. The fraction of sp³-hybridized carbons (Fsp3) is 0.615. The minimum Gasteiger partial charge on any atom is -0.469 e. The molecule has 0 saturated carbocycles. The van der Waals surface area contributed by atoms with Crippen molar-refractivity contribution < 1.29 is 14.6 Å². The molecule has 2 rings (SSSR count). The predicted molar refractivity (Wildman–Crippen MR) is 63.7 cm³/mol. The molecule has 94 valence electrons. The Morgan fingerprint density at radius 3 is 3.12 bits per heavy atom. The van der Waals surface area contributed by atoms with Gasteiger partial charge in [-0.1, -0.05) is 0 Å². The normalized spacial score (nSPS) is 18.9. The minimum atomic E-state index is -0.336. The lowest BCUT2D eigenvalue weighted by molar-refractivity contribution is -0.140. The van der Waals surface area contributed by atoms with E-state index in [0.29, 0.717) is 13.0 Å². The van der Waals surface area contributed by atoms with E-state index >= 15 is 0 Å². The maximum absolute atomic E-state index is 11.2. The highest BCUT2D eigenvalue weighted by Gasteiger charge is 2.23. The van der Waals surface area contributed by atoms with Gasteiger partial charge < -0.3 is 14.4 Å². The van der Waals surface area contributed by atoms with Crippen molar-refractivity contribution in [3.8, 4) is 0 Å². The second-order valence-electron chi connectivity index (χ2n) is 4.57. The minimum absolute atomic E-state index is 0.191. The third-order valence-electron chi connectivity index (χ3n) is 3.47. The summed E-state index contributed by atoms with van der Waals surface area (Å²) in [5.74, 6) is -0.191. The summed E-state index contributed by atoms with van der Waals surface area (Å²) >= 11 is 0. The molecule has 0 fully saturated rings. The zero-order valence-electron chi connectivity index (χ0n) is 10.4. The Morgan fingerprint density at radius 2 is 2.41 bits per heavy atom. The number of aromatic nitrogens is 1. The number of nitrogens with zero attached hydrogens (tertiary/aromatic N) is 1. The smallest absolute Gasteiger partial charge is 0.307 e. The number of esters is 1. The molecular formula is C13H19NO3. The summed E-state index contributed by atoms with van der Waals surface area (Å²) in [5, 5.41) is 9.92. The maximum Gasteiger partial charge on any atom is 0.307 e. The molecule has 4 heteroatoms. The molecule has 1 aromatic heterocycles. The van der Waals surface area contributed by atoms with E-state index in [1.807, 2.05) is 13.0 Å². The molecule has 1 aliphatic carbocycles. The zero-order chi connectivity index (χ0) is 12.4. The summed E-state index contributed by atoms with van der Waals surface area (Å²) in [7, 11) is 1.41. The molecule has 17 heavy (non-hydrogen) atoms. The summed E-state index contributed by atoms with van der Waals surface area (Å²) in [6.45, 7) is 2.66. The number of aliphatic hydroxyl groups is 1. The van der Waals surface area contributed by atoms with Crippen LogP contribution in [0.3, 0.4) is 0 Å². The van der Waals surface area contributed by atoms with Crippen LogP contribution in [0.1, 0.15) is 42.3 Å². The molecule has 0 aliphatic heterocycles. The third kappa shape index (κ3) is 2.36. The van der Waals surface area contributed by atoms with Crippen molar-refractivity contribution in [3.05, 3.63) is 23.0 Å². The van der Waals surface area contributed by atoms with Gasteiger partial charge in [0.1, 0.15) is 0 Å². The van der Waals surface area contributed by atoms with Crippen LogP contribution in [-0.4, -0.2) is 22.8 Å². The third-order valence-corrected chi connectivity index (χ3v) is 3.47. The van der Waals surface area contributed by atoms with E-state index in [2.05, 4.69) is 9.30 Å².